The zero-order valence-electron chi connectivity index (χ0n) is 16.2. The molecule has 1 N–H and O–H groups in total. The summed E-state index contributed by atoms with van der Waals surface area (Å²) in [5.74, 6) is 0.221. The van der Waals surface area contributed by atoms with E-state index in [0.717, 1.165) is 32.4 Å². The third-order valence-electron chi connectivity index (χ3n) is 4.85. The molecule has 2 aromatic rings. The normalized spacial score (nSPS) is 13.7. The molecule has 1 aliphatic rings. The molecule has 1 saturated heterocycles. The predicted octanol–water partition coefficient (Wildman–Crippen LogP) is 4.51. The lowest BCUT2D eigenvalue weighted by Crippen LogP contribution is -2.30. The van der Waals surface area contributed by atoms with E-state index in [-0.39, 0.29) is 11.3 Å². The van der Waals surface area contributed by atoms with Crippen molar-refractivity contribution in [3.05, 3.63) is 51.0 Å². The minimum Gasteiger partial charge on any atom is -0.495 e. The van der Waals surface area contributed by atoms with Crippen molar-refractivity contribution in [1.82, 2.24) is 0 Å². The van der Waals surface area contributed by atoms with Crippen molar-refractivity contribution in [2.45, 2.75) is 19.3 Å². The minimum atomic E-state index is -0.499. The summed E-state index contributed by atoms with van der Waals surface area (Å²) in [7, 11) is 2.91. The van der Waals surface area contributed by atoms with Crippen molar-refractivity contribution >= 4 is 34.6 Å². The minimum absolute atomic E-state index is 0.0831. The standard InChI is InChI=1S/C20H22ClN3O5/c1-28-18-12-15(19(29-2)11-14(18)21)22-20(25)13-6-7-16(17(10-13)24(26)27)23-8-4-3-5-9-23/h6-7,10-12H,3-5,8-9H2,1-2H3,(H,22,25). The number of amides is 1. The molecule has 8 nitrogen and oxygen atoms in total. The van der Waals surface area contributed by atoms with E-state index in [1.165, 1.54) is 32.4 Å². The lowest BCUT2D eigenvalue weighted by molar-refractivity contribution is -0.384. The van der Waals surface area contributed by atoms with Crippen LogP contribution in [-0.4, -0.2) is 38.1 Å². The molecule has 0 atom stereocenters. The van der Waals surface area contributed by atoms with Crippen LogP contribution in [0.5, 0.6) is 11.5 Å². The summed E-state index contributed by atoms with van der Waals surface area (Å²) in [6.45, 7) is 1.54. The largest absolute Gasteiger partial charge is 0.495 e. The highest BCUT2D eigenvalue weighted by Crippen LogP contribution is 2.36. The van der Waals surface area contributed by atoms with E-state index >= 15 is 0 Å². The number of benzene rings is 2. The van der Waals surface area contributed by atoms with Crippen LogP contribution < -0.4 is 19.7 Å². The lowest BCUT2D eigenvalue weighted by atomic mass is 10.1. The van der Waals surface area contributed by atoms with Gasteiger partial charge in [0.15, 0.2) is 0 Å². The molecule has 1 amide bonds. The fourth-order valence-electron chi connectivity index (χ4n) is 3.37. The van der Waals surface area contributed by atoms with E-state index in [2.05, 4.69) is 5.32 Å². The SMILES string of the molecule is COc1cc(NC(=O)c2ccc(N3CCCCC3)c([N+](=O)[O-])c2)c(OC)cc1Cl. The fourth-order valence-corrected chi connectivity index (χ4v) is 3.60. The molecule has 1 aliphatic heterocycles. The summed E-state index contributed by atoms with van der Waals surface area (Å²) < 4.78 is 10.4. The summed E-state index contributed by atoms with van der Waals surface area (Å²) in [6.07, 6.45) is 3.12. The molecule has 9 heteroatoms. The number of nitro benzene ring substituents is 1. The van der Waals surface area contributed by atoms with E-state index < -0.39 is 10.8 Å². The average Bonchev–Trinajstić information content (AvgIpc) is 2.74. The van der Waals surface area contributed by atoms with E-state index in [9.17, 15) is 14.9 Å². The van der Waals surface area contributed by atoms with Gasteiger partial charge in [0, 0.05) is 36.9 Å². The van der Waals surface area contributed by atoms with E-state index in [1.54, 1.807) is 12.1 Å². The Morgan fingerprint density at radius 2 is 1.79 bits per heavy atom. The number of ether oxygens (including phenoxy) is 2. The second kappa shape index (κ2) is 9.00. The van der Waals surface area contributed by atoms with Crippen molar-refractivity contribution in [3.8, 4) is 11.5 Å². The molecule has 2 aromatic carbocycles. The van der Waals surface area contributed by atoms with Gasteiger partial charge in [0.2, 0.25) is 0 Å². The number of rotatable bonds is 6. The van der Waals surface area contributed by atoms with E-state index in [0.29, 0.717) is 27.9 Å². The molecule has 0 bridgehead atoms. The zero-order valence-corrected chi connectivity index (χ0v) is 17.0. The molecule has 3 rings (SSSR count). The number of nitrogens with one attached hydrogen (secondary N) is 1. The number of halogens is 1. The topological polar surface area (TPSA) is 93.9 Å². The maximum atomic E-state index is 12.8. The number of hydrogen-bond donors (Lipinski definition) is 1. The van der Waals surface area contributed by atoms with Crippen LogP contribution in [0.25, 0.3) is 0 Å². The third-order valence-corrected chi connectivity index (χ3v) is 5.15. The Morgan fingerprint density at radius 1 is 1.10 bits per heavy atom. The molecule has 1 fully saturated rings. The van der Waals surface area contributed by atoms with Gasteiger partial charge >= 0.3 is 0 Å². The molecule has 1 heterocycles. The molecule has 0 aliphatic carbocycles. The van der Waals surface area contributed by atoms with Gasteiger partial charge in [-0.3, -0.25) is 14.9 Å². The Kier molecular flexibility index (Phi) is 6.43. The highest BCUT2D eigenvalue weighted by atomic mass is 35.5. The first kappa shape index (κ1) is 20.7. The first-order valence-electron chi connectivity index (χ1n) is 9.21. The van der Waals surface area contributed by atoms with Crippen molar-refractivity contribution in [2.24, 2.45) is 0 Å². The van der Waals surface area contributed by atoms with E-state index in [4.69, 9.17) is 21.1 Å². The molecular formula is C20H22ClN3O5. The summed E-state index contributed by atoms with van der Waals surface area (Å²) in [5, 5.41) is 14.7. The highest BCUT2D eigenvalue weighted by molar-refractivity contribution is 6.32. The first-order chi connectivity index (χ1) is 13.9. The number of nitro groups is 1. The van der Waals surface area contributed by atoms with Gasteiger partial charge in [-0.05, 0) is 31.4 Å². The Labute approximate surface area is 173 Å². The maximum Gasteiger partial charge on any atom is 0.293 e. The second-order valence-electron chi connectivity index (χ2n) is 6.65. The number of carbonyl (C=O) groups excluding carboxylic acids is 1. The van der Waals surface area contributed by atoms with Crippen LogP contribution in [0.3, 0.4) is 0 Å². The monoisotopic (exact) mass is 419 g/mol. The number of hydrogen-bond acceptors (Lipinski definition) is 6. The molecule has 0 unspecified atom stereocenters. The Morgan fingerprint density at radius 3 is 2.41 bits per heavy atom. The summed E-state index contributed by atoms with van der Waals surface area (Å²) in [4.78, 5) is 25.9. The van der Waals surface area contributed by atoms with Crippen LogP contribution >= 0.6 is 11.6 Å². The molecule has 29 heavy (non-hydrogen) atoms. The summed E-state index contributed by atoms with van der Waals surface area (Å²) in [5.41, 5.74) is 0.979. The smallest absolute Gasteiger partial charge is 0.293 e. The molecule has 0 spiro atoms. The number of anilines is 2. The molecule has 154 valence electrons. The van der Waals surface area contributed by atoms with Crippen LogP contribution in [-0.2, 0) is 0 Å². The first-order valence-corrected chi connectivity index (χ1v) is 9.58. The zero-order chi connectivity index (χ0) is 21.0. The number of piperidine rings is 1. The number of methoxy groups -OCH3 is 2. The third kappa shape index (κ3) is 4.54. The second-order valence-corrected chi connectivity index (χ2v) is 7.06. The molecule has 0 radical (unpaired) electrons. The Hall–Kier alpha value is -3.00. The fraction of sp³-hybridized carbons (Fsp3) is 0.350. The quantitative estimate of drug-likeness (QED) is 0.547. The Balaban J connectivity index is 1.90. The Bertz CT molecular complexity index is 929. The van der Waals surface area contributed by atoms with Gasteiger partial charge < -0.3 is 19.7 Å². The molecule has 0 saturated carbocycles. The van der Waals surface area contributed by atoms with Crippen molar-refractivity contribution < 1.29 is 19.2 Å². The van der Waals surface area contributed by atoms with Crippen LogP contribution in [0, 0.1) is 10.1 Å². The number of nitrogens with zero attached hydrogens (tertiary/aromatic N) is 2. The van der Waals surface area contributed by atoms with Crippen LogP contribution in [0.4, 0.5) is 17.1 Å². The van der Waals surface area contributed by atoms with Crippen LogP contribution in [0.2, 0.25) is 5.02 Å². The van der Waals surface area contributed by atoms with Crippen LogP contribution in [0.15, 0.2) is 30.3 Å². The highest BCUT2D eigenvalue weighted by Gasteiger charge is 2.23. The van der Waals surface area contributed by atoms with Crippen molar-refractivity contribution in [2.75, 3.05) is 37.5 Å². The molecule has 0 aromatic heterocycles. The number of carbonyl (C=O) groups is 1. The van der Waals surface area contributed by atoms with Gasteiger partial charge in [-0.1, -0.05) is 11.6 Å². The predicted molar refractivity (Wildman–Crippen MR) is 112 cm³/mol. The van der Waals surface area contributed by atoms with Gasteiger partial charge in [-0.2, -0.15) is 0 Å². The van der Waals surface area contributed by atoms with Gasteiger partial charge in [-0.25, -0.2) is 0 Å². The van der Waals surface area contributed by atoms with Gasteiger partial charge in [0.05, 0.1) is 29.9 Å². The lowest BCUT2D eigenvalue weighted by Gasteiger charge is -2.28. The van der Waals surface area contributed by atoms with Gasteiger partial charge in [0.25, 0.3) is 11.6 Å². The average molecular weight is 420 g/mol. The molecular weight excluding hydrogens is 398 g/mol. The van der Waals surface area contributed by atoms with Gasteiger partial charge in [-0.15, -0.1) is 0 Å². The summed E-state index contributed by atoms with van der Waals surface area (Å²) in [6, 6.07) is 7.59. The van der Waals surface area contributed by atoms with Crippen molar-refractivity contribution in [1.29, 1.82) is 0 Å². The maximum absolute atomic E-state index is 12.8. The van der Waals surface area contributed by atoms with E-state index in [1.807, 2.05) is 4.90 Å². The van der Waals surface area contributed by atoms with Crippen LogP contribution in [0.1, 0.15) is 29.6 Å². The van der Waals surface area contributed by atoms with Gasteiger partial charge in [0.1, 0.15) is 17.2 Å². The summed E-state index contributed by atoms with van der Waals surface area (Å²) >= 11 is 6.08. The van der Waals surface area contributed by atoms with Crippen molar-refractivity contribution in [3.63, 3.8) is 0 Å².